The summed E-state index contributed by atoms with van der Waals surface area (Å²) < 4.78 is 36.9. The number of halogens is 2. The van der Waals surface area contributed by atoms with Crippen LogP contribution in [-0.2, 0) is 24.0 Å². The molecule has 0 aromatic carbocycles. The average molecular weight is 351 g/mol. The molecule has 11 heteroatoms. The van der Waals surface area contributed by atoms with Gasteiger partial charge in [-0.3, -0.25) is 4.18 Å². The molecule has 7 nitrogen and oxygen atoms in total. The second-order valence-corrected chi connectivity index (χ2v) is 6.56. The van der Waals surface area contributed by atoms with E-state index in [9.17, 15) is 8.42 Å². The van der Waals surface area contributed by atoms with Gasteiger partial charge in [0.1, 0.15) is 24.2 Å². The van der Waals surface area contributed by atoms with Gasteiger partial charge in [-0.2, -0.15) is 8.42 Å². The molecule has 1 aromatic rings. The molecule has 0 fully saturated rings. The Hall–Kier alpha value is -0.000000000000000111. The molecule has 0 bridgehead atoms. The monoisotopic (exact) mass is 350 g/mol. The standard InChI is InChI=1S/C8H12Cl2N2O5S2/c1-4(17-19(11,13)14)5(16-3-15-2)6-7(9)12-8(10)18-6/h4-5H,3H2,1-2H3,(H2,11,13,14). The van der Waals surface area contributed by atoms with Crippen molar-refractivity contribution in [3.05, 3.63) is 14.5 Å². The van der Waals surface area contributed by atoms with Gasteiger partial charge in [-0.15, -0.1) is 11.3 Å². The third-order valence-electron chi connectivity index (χ3n) is 1.92. The summed E-state index contributed by atoms with van der Waals surface area (Å²) in [5.74, 6) is 0. The fourth-order valence-electron chi connectivity index (χ4n) is 1.29. The van der Waals surface area contributed by atoms with Crippen LogP contribution >= 0.6 is 34.5 Å². The molecule has 0 aliphatic heterocycles. The van der Waals surface area contributed by atoms with Gasteiger partial charge in [0.15, 0.2) is 4.47 Å². The second-order valence-electron chi connectivity index (χ2n) is 3.41. The molecule has 0 saturated carbocycles. The molecule has 0 saturated heterocycles. The molecule has 1 rings (SSSR count). The van der Waals surface area contributed by atoms with Crippen molar-refractivity contribution in [1.29, 1.82) is 0 Å². The van der Waals surface area contributed by atoms with Gasteiger partial charge in [0, 0.05) is 7.11 Å². The van der Waals surface area contributed by atoms with Crippen LogP contribution in [-0.4, -0.2) is 33.4 Å². The number of rotatable bonds is 7. The maximum atomic E-state index is 10.9. The summed E-state index contributed by atoms with van der Waals surface area (Å²) in [5.41, 5.74) is 0. The zero-order chi connectivity index (χ0) is 14.6. The lowest BCUT2D eigenvalue weighted by Crippen LogP contribution is -2.28. The van der Waals surface area contributed by atoms with E-state index < -0.39 is 22.5 Å². The summed E-state index contributed by atoms with van der Waals surface area (Å²) >= 11 is 12.7. The van der Waals surface area contributed by atoms with E-state index in [1.54, 1.807) is 0 Å². The zero-order valence-electron chi connectivity index (χ0n) is 10.0. The lowest BCUT2D eigenvalue weighted by molar-refractivity contribution is -0.103. The molecule has 0 amide bonds. The molecule has 0 spiro atoms. The molecule has 2 N–H and O–H groups in total. The first-order valence-electron chi connectivity index (χ1n) is 4.88. The summed E-state index contributed by atoms with van der Waals surface area (Å²) in [6, 6.07) is 0. The largest absolute Gasteiger partial charge is 0.359 e. The van der Waals surface area contributed by atoms with Crippen molar-refractivity contribution in [2.45, 2.75) is 19.1 Å². The summed E-state index contributed by atoms with van der Waals surface area (Å²) in [7, 11) is -2.70. The van der Waals surface area contributed by atoms with Crippen molar-refractivity contribution in [2.24, 2.45) is 5.14 Å². The third kappa shape index (κ3) is 5.48. The highest BCUT2D eigenvalue weighted by Gasteiger charge is 2.29. The minimum atomic E-state index is -4.12. The Balaban J connectivity index is 2.97. The van der Waals surface area contributed by atoms with Crippen molar-refractivity contribution < 1.29 is 22.1 Å². The van der Waals surface area contributed by atoms with Crippen LogP contribution in [0.1, 0.15) is 17.9 Å². The van der Waals surface area contributed by atoms with E-state index in [-0.39, 0.29) is 16.4 Å². The maximum absolute atomic E-state index is 10.9. The first-order chi connectivity index (χ1) is 8.74. The first kappa shape index (κ1) is 17.1. The fraction of sp³-hybridized carbons (Fsp3) is 0.625. The Kier molecular flexibility index (Phi) is 6.40. The van der Waals surface area contributed by atoms with E-state index in [1.165, 1.54) is 14.0 Å². The molecule has 0 radical (unpaired) electrons. The first-order valence-corrected chi connectivity index (χ1v) is 7.92. The molecule has 1 aromatic heterocycles. The van der Waals surface area contributed by atoms with Crippen molar-refractivity contribution in [2.75, 3.05) is 13.9 Å². The highest BCUT2D eigenvalue weighted by molar-refractivity contribution is 7.84. The number of hydrogen-bond donors (Lipinski definition) is 1. The Labute approximate surface area is 124 Å². The van der Waals surface area contributed by atoms with Gasteiger partial charge in [0.05, 0.1) is 4.88 Å². The highest BCUT2D eigenvalue weighted by Crippen LogP contribution is 2.36. The molecule has 1 heterocycles. The van der Waals surface area contributed by atoms with Gasteiger partial charge in [0.2, 0.25) is 0 Å². The Morgan fingerprint density at radius 2 is 2.11 bits per heavy atom. The average Bonchev–Trinajstić information content (AvgIpc) is 2.56. The SMILES string of the molecule is COCOC(c1sc(Cl)nc1Cl)C(C)OS(N)(=O)=O. The summed E-state index contributed by atoms with van der Waals surface area (Å²) in [6.07, 6.45) is -1.74. The number of nitrogens with two attached hydrogens (primary N) is 1. The van der Waals surface area contributed by atoms with Crippen LogP contribution in [0.3, 0.4) is 0 Å². The predicted molar refractivity (Wildman–Crippen MR) is 71.5 cm³/mol. The summed E-state index contributed by atoms with van der Waals surface area (Å²) in [4.78, 5) is 4.24. The number of nitrogens with zero attached hydrogens (tertiary/aromatic N) is 1. The maximum Gasteiger partial charge on any atom is 0.333 e. The van der Waals surface area contributed by atoms with Gasteiger partial charge in [-0.1, -0.05) is 23.2 Å². The van der Waals surface area contributed by atoms with Gasteiger partial charge in [-0.05, 0) is 6.92 Å². The number of aromatic nitrogens is 1. The van der Waals surface area contributed by atoms with Crippen LogP contribution in [0.15, 0.2) is 0 Å². The fourth-order valence-corrected chi connectivity index (χ4v) is 3.37. The third-order valence-corrected chi connectivity index (χ3v) is 4.11. The Morgan fingerprint density at radius 3 is 2.53 bits per heavy atom. The highest BCUT2D eigenvalue weighted by atomic mass is 35.5. The predicted octanol–water partition coefficient (Wildman–Crippen LogP) is 1.72. The van der Waals surface area contributed by atoms with Crippen molar-refractivity contribution in [3.8, 4) is 0 Å². The van der Waals surface area contributed by atoms with E-state index in [0.717, 1.165) is 11.3 Å². The molecular formula is C8H12Cl2N2O5S2. The van der Waals surface area contributed by atoms with Crippen LogP contribution in [0.4, 0.5) is 0 Å². The van der Waals surface area contributed by atoms with Gasteiger partial charge >= 0.3 is 10.3 Å². The minimum absolute atomic E-state index is 0.0885. The van der Waals surface area contributed by atoms with E-state index in [2.05, 4.69) is 9.17 Å². The lowest BCUT2D eigenvalue weighted by atomic mass is 10.2. The molecule has 2 unspecified atom stereocenters. The van der Waals surface area contributed by atoms with Crippen LogP contribution < -0.4 is 5.14 Å². The number of methoxy groups -OCH3 is 1. The van der Waals surface area contributed by atoms with Crippen molar-refractivity contribution >= 4 is 44.8 Å². The molecule has 0 aliphatic carbocycles. The zero-order valence-corrected chi connectivity index (χ0v) is 13.1. The summed E-state index contributed by atoms with van der Waals surface area (Å²) in [6.45, 7) is 1.38. The molecular weight excluding hydrogens is 339 g/mol. The van der Waals surface area contributed by atoms with E-state index in [0.29, 0.717) is 4.88 Å². The van der Waals surface area contributed by atoms with E-state index in [1.807, 2.05) is 0 Å². The lowest BCUT2D eigenvalue weighted by Gasteiger charge is -2.21. The number of hydrogen-bond acceptors (Lipinski definition) is 7. The smallest absolute Gasteiger partial charge is 0.333 e. The Morgan fingerprint density at radius 1 is 1.47 bits per heavy atom. The molecule has 19 heavy (non-hydrogen) atoms. The van der Waals surface area contributed by atoms with Crippen LogP contribution in [0.5, 0.6) is 0 Å². The summed E-state index contributed by atoms with van der Waals surface area (Å²) in [5, 5.41) is 4.93. The van der Waals surface area contributed by atoms with Crippen molar-refractivity contribution in [3.63, 3.8) is 0 Å². The molecule has 0 aliphatic rings. The minimum Gasteiger partial charge on any atom is -0.359 e. The molecule has 2 atom stereocenters. The van der Waals surface area contributed by atoms with Gasteiger partial charge in [-0.25, -0.2) is 10.1 Å². The normalized spacial score (nSPS) is 15.4. The van der Waals surface area contributed by atoms with E-state index >= 15 is 0 Å². The van der Waals surface area contributed by atoms with Crippen LogP contribution in [0.25, 0.3) is 0 Å². The van der Waals surface area contributed by atoms with Gasteiger partial charge in [0.25, 0.3) is 0 Å². The van der Waals surface area contributed by atoms with Crippen LogP contribution in [0.2, 0.25) is 9.62 Å². The number of ether oxygens (including phenoxy) is 2. The number of thiazole rings is 1. The van der Waals surface area contributed by atoms with Crippen LogP contribution in [0, 0.1) is 0 Å². The molecule has 110 valence electrons. The quantitative estimate of drug-likeness (QED) is 0.751. The van der Waals surface area contributed by atoms with E-state index in [4.69, 9.17) is 37.8 Å². The van der Waals surface area contributed by atoms with Crippen molar-refractivity contribution in [1.82, 2.24) is 4.98 Å². The van der Waals surface area contributed by atoms with Gasteiger partial charge < -0.3 is 9.47 Å². The Bertz CT molecular complexity index is 521. The second kappa shape index (κ2) is 7.14. The topological polar surface area (TPSA) is 101 Å².